The van der Waals surface area contributed by atoms with Gasteiger partial charge in [0, 0.05) is 19.6 Å². The maximum absolute atomic E-state index is 3.79. The number of piperidine rings is 1. The minimum Gasteiger partial charge on any atom is -0.317 e. The zero-order valence-corrected chi connectivity index (χ0v) is 9.04. The van der Waals surface area contributed by atoms with Crippen molar-refractivity contribution >= 4 is 0 Å². The van der Waals surface area contributed by atoms with E-state index >= 15 is 0 Å². The highest BCUT2D eigenvalue weighted by atomic mass is 15.1. The minimum atomic E-state index is 0.858. The van der Waals surface area contributed by atoms with Gasteiger partial charge in [-0.05, 0) is 31.8 Å². The van der Waals surface area contributed by atoms with Gasteiger partial charge < -0.3 is 5.32 Å². The Morgan fingerprint density at radius 3 is 2.21 bits per heavy atom. The third-order valence-corrected chi connectivity index (χ3v) is 2.75. The van der Waals surface area contributed by atoms with E-state index in [1.165, 1.54) is 32.5 Å². The van der Waals surface area contributed by atoms with Crippen LogP contribution in [0.2, 0.25) is 0 Å². The molecule has 80 valence electrons. The van der Waals surface area contributed by atoms with Crippen LogP contribution in [0.5, 0.6) is 0 Å². The van der Waals surface area contributed by atoms with Gasteiger partial charge in [-0.1, -0.05) is 12.2 Å². The number of hydrogen-bond donors (Lipinski definition) is 1. The van der Waals surface area contributed by atoms with E-state index in [4.69, 9.17) is 0 Å². The molecule has 0 amide bonds. The summed E-state index contributed by atoms with van der Waals surface area (Å²) in [6, 6.07) is 0. The summed E-state index contributed by atoms with van der Waals surface area (Å²) in [5, 5.41) is 3.39. The van der Waals surface area contributed by atoms with Crippen molar-refractivity contribution in [1.82, 2.24) is 10.2 Å². The second-order valence-corrected chi connectivity index (χ2v) is 3.99. The van der Waals surface area contributed by atoms with Gasteiger partial charge in [0.05, 0.1) is 0 Å². The molecule has 2 nitrogen and oxygen atoms in total. The van der Waals surface area contributed by atoms with Gasteiger partial charge >= 0.3 is 0 Å². The normalized spacial score (nSPS) is 18.4. The van der Waals surface area contributed by atoms with Crippen molar-refractivity contribution in [1.29, 1.82) is 0 Å². The fraction of sp³-hybridized carbons (Fsp3) is 0.667. The van der Waals surface area contributed by atoms with E-state index < -0.39 is 0 Å². The molecular formula is C12H22N2. The first-order valence-corrected chi connectivity index (χ1v) is 5.51. The van der Waals surface area contributed by atoms with Gasteiger partial charge in [-0.15, -0.1) is 13.2 Å². The van der Waals surface area contributed by atoms with E-state index in [-0.39, 0.29) is 0 Å². The highest BCUT2D eigenvalue weighted by Gasteiger charge is 2.15. The smallest absolute Gasteiger partial charge is 0.0164 e. The molecule has 2 heteroatoms. The molecule has 0 aromatic heterocycles. The molecule has 1 saturated heterocycles. The van der Waals surface area contributed by atoms with Crippen LogP contribution in [-0.2, 0) is 0 Å². The largest absolute Gasteiger partial charge is 0.317 e. The van der Waals surface area contributed by atoms with E-state index in [0.717, 1.165) is 19.0 Å². The Hall–Kier alpha value is -0.600. The van der Waals surface area contributed by atoms with Crippen LogP contribution in [0, 0.1) is 5.92 Å². The summed E-state index contributed by atoms with van der Waals surface area (Å²) < 4.78 is 0. The molecule has 0 atom stereocenters. The predicted molar refractivity (Wildman–Crippen MR) is 62.4 cm³/mol. The SMILES string of the molecule is C=CCN(CC=C)CC1CCNCC1. The molecule has 0 saturated carbocycles. The lowest BCUT2D eigenvalue weighted by molar-refractivity contribution is 0.239. The Labute approximate surface area is 87.7 Å². The molecule has 0 aliphatic carbocycles. The average molecular weight is 194 g/mol. The molecule has 1 aliphatic rings. The van der Waals surface area contributed by atoms with Crippen LogP contribution in [0.15, 0.2) is 25.3 Å². The fourth-order valence-electron chi connectivity index (χ4n) is 2.02. The summed E-state index contributed by atoms with van der Waals surface area (Å²) in [5.74, 6) is 0.858. The second kappa shape index (κ2) is 6.80. The third-order valence-electron chi connectivity index (χ3n) is 2.75. The quantitative estimate of drug-likeness (QED) is 0.647. The van der Waals surface area contributed by atoms with Crippen molar-refractivity contribution in [2.24, 2.45) is 5.92 Å². The molecule has 14 heavy (non-hydrogen) atoms. The average Bonchev–Trinajstić information content (AvgIpc) is 2.20. The van der Waals surface area contributed by atoms with Gasteiger partial charge in [0.2, 0.25) is 0 Å². The number of hydrogen-bond acceptors (Lipinski definition) is 2. The van der Waals surface area contributed by atoms with Crippen molar-refractivity contribution in [2.45, 2.75) is 12.8 Å². The van der Waals surface area contributed by atoms with Crippen LogP contribution >= 0.6 is 0 Å². The van der Waals surface area contributed by atoms with E-state index in [0.29, 0.717) is 0 Å². The standard InChI is InChI=1S/C12H22N2/c1-3-9-14(10-4-2)11-12-5-7-13-8-6-12/h3-4,12-13H,1-2,5-11H2. The molecule has 0 aromatic rings. The summed E-state index contributed by atoms with van der Waals surface area (Å²) >= 11 is 0. The van der Waals surface area contributed by atoms with Crippen LogP contribution < -0.4 is 5.32 Å². The summed E-state index contributed by atoms with van der Waals surface area (Å²) in [4.78, 5) is 2.41. The van der Waals surface area contributed by atoms with Gasteiger partial charge in [-0.3, -0.25) is 4.90 Å². The van der Waals surface area contributed by atoms with Crippen molar-refractivity contribution in [2.75, 3.05) is 32.7 Å². The van der Waals surface area contributed by atoms with Crippen molar-refractivity contribution in [3.8, 4) is 0 Å². The summed E-state index contributed by atoms with van der Waals surface area (Å²) in [7, 11) is 0. The Bertz CT molecular complexity index is 161. The van der Waals surface area contributed by atoms with Crippen molar-refractivity contribution in [3.63, 3.8) is 0 Å². The lowest BCUT2D eigenvalue weighted by Gasteiger charge is -2.28. The van der Waals surface area contributed by atoms with Gasteiger partial charge in [0.1, 0.15) is 0 Å². The fourth-order valence-corrected chi connectivity index (χ4v) is 2.02. The number of nitrogens with one attached hydrogen (secondary N) is 1. The Kier molecular flexibility index (Phi) is 5.57. The maximum Gasteiger partial charge on any atom is 0.0164 e. The molecule has 1 rings (SSSR count). The molecule has 1 N–H and O–H groups in total. The zero-order valence-electron chi connectivity index (χ0n) is 9.04. The Morgan fingerprint density at radius 1 is 1.14 bits per heavy atom. The first-order chi connectivity index (χ1) is 6.86. The van der Waals surface area contributed by atoms with Crippen molar-refractivity contribution < 1.29 is 0 Å². The third kappa shape index (κ3) is 4.07. The predicted octanol–water partition coefficient (Wildman–Crippen LogP) is 1.66. The summed E-state index contributed by atoms with van der Waals surface area (Å²) in [6.07, 6.45) is 6.57. The molecule has 1 aliphatic heterocycles. The molecule has 1 fully saturated rings. The van der Waals surface area contributed by atoms with Crippen LogP contribution in [-0.4, -0.2) is 37.6 Å². The van der Waals surface area contributed by atoms with Crippen LogP contribution in [0.3, 0.4) is 0 Å². The Morgan fingerprint density at radius 2 is 1.71 bits per heavy atom. The topological polar surface area (TPSA) is 15.3 Å². The van der Waals surface area contributed by atoms with Gasteiger partial charge in [0.25, 0.3) is 0 Å². The molecule has 1 heterocycles. The molecule has 0 radical (unpaired) electrons. The van der Waals surface area contributed by atoms with E-state index in [9.17, 15) is 0 Å². The zero-order chi connectivity index (χ0) is 10.2. The Balaban J connectivity index is 2.28. The molecule has 0 unspecified atom stereocenters. The van der Waals surface area contributed by atoms with Crippen LogP contribution in [0.4, 0.5) is 0 Å². The first kappa shape index (κ1) is 11.5. The summed E-state index contributed by atoms with van der Waals surface area (Å²) in [6.45, 7) is 13.1. The lowest BCUT2D eigenvalue weighted by Crippen LogP contribution is -2.36. The first-order valence-electron chi connectivity index (χ1n) is 5.51. The van der Waals surface area contributed by atoms with E-state index in [1.54, 1.807) is 0 Å². The summed E-state index contributed by atoms with van der Waals surface area (Å²) in [5.41, 5.74) is 0. The van der Waals surface area contributed by atoms with E-state index in [1.807, 2.05) is 12.2 Å². The minimum absolute atomic E-state index is 0.858. The molecular weight excluding hydrogens is 172 g/mol. The second-order valence-electron chi connectivity index (χ2n) is 3.99. The van der Waals surface area contributed by atoms with Gasteiger partial charge in [-0.25, -0.2) is 0 Å². The monoisotopic (exact) mass is 194 g/mol. The maximum atomic E-state index is 3.79. The van der Waals surface area contributed by atoms with Crippen LogP contribution in [0.1, 0.15) is 12.8 Å². The highest BCUT2D eigenvalue weighted by molar-refractivity contribution is 4.82. The van der Waals surface area contributed by atoms with Gasteiger partial charge in [0.15, 0.2) is 0 Å². The number of nitrogens with zero attached hydrogens (tertiary/aromatic N) is 1. The highest BCUT2D eigenvalue weighted by Crippen LogP contribution is 2.13. The van der Waals surface area contributed by atoms with Crippen molar-refractivity contribution in [3.05, 3.63) is 25.3 Å². The number of rotatable bonds is 6. The molecule has 0 bridgehead atoms. The van der Waals surface area contributed by atoms with Crippen LogP contribution in [0.25, 0.3) is 0 Å². The van der Waals surface area contributed by atoms with E-state index in [2.05, 4.69) is 23.4 Å². The molecule has 0 spiro atoms. The lowest BCUT2D eigenvalue weighted by atomic mass is 9.97. The van der Waals surface area contributed by atoms with Gasteiger partial charge in [-0.2, -0.15) is 0 Å². The molecule has 0 aromatic carbocycles.